The lowest BCUT2D eigenvalue weighted by molar-refractivity contribution is 0.0198. The fourth-order valence-electron chi connectivity index (χ4n) is 4.64. The number of halogens is 1. The van der Waals surface area contributed by atoms with Crippen molar-refractivity contribution in [1.29, 1.82) is 0 Å². The zero-order valence-electron chi connectivity index (χ0n) is 22.4. The average Bonchev–Trinajstić information content (AvgIpc) is 2.92. The molecule has 1 amide bonds. The van der Waals surface area contributed by atoms with Gasteiger partial charge in [0.15, 0.2) is 0 Å². The number of rotatable bonds is 6. The minimum Gasteiger partial charge on any atom is -0.486 e. The van der Waals surface area contributed by atoms with Crippen molar-refractivity contribution in [3.05, 3.63) is 83.4 Å². The molecule has 0 spiro atoms. The molecule has 1 aliphatic heterocycles. The van der Waals surface area contributed by atoms with Crippen molar-refractivity contribution in [2.75, 3.05) is 18.4 Å². The predicted octanol–water partition coefficient (Wildman–Crippen LogP) is 7.12. The number of anilines is 2. The zero-order chi connectivity index (χ0) is 27.4. The molecule has 0 aliphatic carbocycles. The highest BCUT2D eigenvalue weighted by Crippen LogP contribution is 2.33. The van der Waals surface area contributed by atoms with Gasteiger partial charge in [-0.25, -0.2) is 14.8 Å². The average molecular weight is 546 g/mol. The molecule has 1 aliphatic rings. The van der Waals surface area contributed by atoms with Crippen molar-refractivity contribution >= 4 is 40.1 Å². The van der Waals surface area contributed by atoms with E-state index in [9.17, 15) is 4.79 Å². The molecule has 0 radical (unpaired) electrons. The molecular formula is C30H32ClN5O3. The number of hydrogen-bond donors (Lipinski definition) is 1. The molecule has 0 unspecified atom stereocenters. The Hall–Kier alpha value is -3.91. The topological polar surface area (TPSA) is 89.5 Å². The van der Waals surface area contributed by atoms with Gasteiger partial charge in [-0.2, -0.15) is 0 Å². The Morgan fingerprint density at radius 2 is 1.97 bits per heavy atom. The summed E-state index contributed by atoms with van der Waals surface area (Å²) in [7, 11) is 0. The Morgan fingerprint density at radius 3 is 2.74 bits per heavy atom. The molecular weight excluding hydrogens is 514 g/mol. The van der Waals surface area contributed by atoms with E-state index in [1.54, 1.807) is 12.5 Å². The number of nitrogens with one attached hydrogen (secondary N) is 1. The molecule has 39 heavy (non-hydrogen) atoms. The summed E-state index contributed by atoms with van der Waals surface area (Å²) < 4.78 is 11.5. The van der Waals surface area contributed by atoms with Crippen molar-refractivity contribution in [3.8, 4) is 5.75 Å². The largest absolute Gasteiger partial charge is 0.486 e. The van der Waals surface area contributed by atoms with Gasteiger partial charge in [-0.15, -0.1) is 0 Å². The Morgan fingerprint density at radius 1 is 1.10 bits per heavy atom. The Balaban J connectivity index is 1.32. The first kappa shape index (κ1) is 26.7. The van der Waals surface area contributed by atoms with Gasteiger partial charge in [0, 0.05) is 36.3 Å². The summed E-state index contributed by atoms with van der Waals surface area (Å²) in [5.41, 5.74) is 3.06. The maximum atomic E-state index is 12.7. The number of carbonyl (C=O) groups is 1. The van der Waals surface area contributed by atoms with E-state index in [0.29, 0.717) is 36.3 Å². The number of aromatic nitrogens is 3. The van der Waals surface area contributed by atoms with E-state index in [2.05, 4.69) is 32.4 Å². The van der Waals surface area contributed by atoms with E-state index in [1.165, 1.54) is 0 Å². The minimum atomic E-state index is -0.517. The fraction of sp³-hybridized carbons (Fsp3) is 0.333. The number of likely N-dealkylation sites (tertiary alicyclic amines) is 1. The Bertz CT molecular complexity index is 1460. The van der Waals surface area contributed by atoms with Crippen molar-refractivity contribution in [2.45, 2.75) is 51.7 Å². The molecule has 3 heterocycles. The number of benzene rings is 2. The number of piperidine rings is 1. The molecule has 1 N–H and O–H groups in total. The number of pyridine rings is 1. The number of carbonyl (C=O) groups excluding carboxylic acids is 1. The second-order valence-electron chi connectivity index (χ2n) is 10.6. The van der Waals surface area contributed by atoms with Crippen LogP contribution in [0.1, 0.15) is 50.8 Å². The Kier molecular flexibility index (Phi) is 7.84. The van der Waals surface area contributed by atoms with Gasteiger partial charge in [-0.1, -0.05) is 23.7 Å². The van der Waals surface area contributed by atoms with Gasteiger partial charge >= 0.3 is 6.09 Å². The molecule has 0 saturated carbocycles. The van der Waals surface area contributed by atoms with Crippen LogP contribution in [0.3, 0.4) is 0 Å². The maximum absolute atomic E-state index is 12.7. The van der Waals surface area contributed by atoms with Gasteiger partial charge < -0.3 is 19.7 Å². The molecule has 2 aromatic heterocycles. The molecule has 5 rings (SSSR count). The smallest absolute Gasteiger partial charge is 0.410 e. The zero-order valence-corrected chi connectivity index (χ0v) is 23.1. The van der Waals surface area contributed by atoms with Gasteiger partial charge in [0.1, 0.15) is 30.1 Å². The highest BCUT2D eigenvalue weighted by molar-refractivity contribution is 6.32. The second kappa shape index (κ2) is 11.5. The van der Waals surface area contributed by atoms with Gasteiger partial charge in [-0.05, 0) is 81.6 Å². The van der Waals surface area contributed by atoms with Crippen LogP contribution in [-0.4, -0.2) is 44.6 Å². The summed E-state index contributed by atoms with van der Waals surface area (Å²) in [6, 6.07) is 17.4. The first-order chi connectivity index (χ1) is 18.7. The van der Waals surface area contributed by atoms with E-state index in [1.807, 2.05) is 68.1 Å². The summed E-state index contributed by atoms with van der Waals surface area (Å²) in [5, 5.41) is 4.77. The quantitative estimate of drug-likeness (QED) is 0.276. The normalized spacial score (nSPS) is 15.7. The van der Waals surface area contributed by atoms with Crippen LogP contribution in [0.15, 0.2) is 67.1 Å². The standard InChI is InChI=1S/C30H32ClN5O3/c1-30(2,3)39-29(37)36-14-6-7-21(17-36)20-9-11-26-24(15-20)28(34-19-33-26)35-22-10-12-27(25(31)16-22)38-18-23-8-4-5-13-32-23/h4-5,8-13,15-16,19,21H,6-7,14,17-18H2,1-3H3,(H,33,34,35)/t21-/m0/s1. The van der Waals surface area contributed by atoms with Crippen LogP contribution in [0.5, 0.6) is 5.75 Å². The molecule has 4 aromatic rings. The molecule has 202 valence electrons. The number of nitrogens with zero attached hydrogens (tertiary/aromatic N) is 4. The third kappa shape index (κ3) is 6.75. The van der Waals surface area contributed by atoms with Gasteiger partial charge in [-0.3, -0.25) is 4.98 Å². The van der Waals surface area contributed by atoms with Crippen LogP contribution in [-0.2, 0) is 11.3 Å². The van der Waals surface area contributed by atoms with Crippen LogP contribution in [0.2, 0.25) is 5.02 Å². The number of amides is 1. The molecule has 1 atom stereocenters. The lowest BCUT2D eigenvalue weighted by Gasteiger charge is -2.34. The molecule has 9 heteroatoms. The van der Waals surface area contributed by atoms with Crippen LogP contribution < -0.4 is 10.1 Å². The summed E-state index contributed by atoms with van der Waals surface area (Å²) in [5.74, 6) is 1.46. The van der Waals surface area contributed by atoms with E-state index in [-0.39, 0.29) is 12.0 Å². The third-order valence-corrected chi connectivity index (χ3v) is 6.80. The maximum Gasteiger partial charge on any atom is 0.410 e. The summed E-state index contributed by atoms with van der Waals surface area (Å²) in [4.78, 5) is 27.7. The van der Waals surface area contributed by atoms with Gasteiger partial charge in [0.05, 0.1) is 16.2 Å². The molecule has 1 saturated heterocycles. The minimum absolute atomic E-state index is 0.203. The van der Waals surface area contributed by atoms with Crippen molar-refractivity contribution in [1.82, 2.24) is 19.9 Å². The summed E-state index contributed by atoms with van der Waals surface area (Å²) in [6.45, 7) is 7.32. The highest BCUT2D eigenvalue weighted by atomic mass is 35.5. The van der Waals surface area contributed by atoms with Crippen molar-refractivity contribution in [3.63, 3.8) is 0 Å². The van der Waals surface area contributed by atoms with E-state index in [4.69, 9.17) is 21.1 Å². The van der Waals surface area contributed by atoms with Crippen LogP contribution >= 0.6 is 11.6 Å². The van der Waals surface area contributed by atoms with Crippen LogP contribution in [0, 0.1) is 0 Å². The van der Waals surface area contributed by atoms with E-state index in [0.717, 1.165) is 40.7 Å². The molecule has 0 bridgehead atoms. The number of ether oxygens (including phenoxy) is 2. The molecule has 2 aromatic carbocycles. The second-order valence-corrected chi connectivity index (χ2v) is 11.1. The molecule has 1 fully saturated rings. The van der Waals surface area contributed by atoms with E-state index < -0.39 is 5.60 Å². The third-order valence-electron chi connectivity index (χ3n) is 6.50. The summed E-state index contributed by atoms with van der Waals surface area (Å²) >= 11 is 6.53. The summed E-state index contributed by atoms with van der Waals surface area (Å²) in [6.07, 6.45) is 4.93. The first-order valence-corrected chi connectivity index (χ1v) is 13.4. The lowest BCUT2D eigenvalue weighted by Crippen LogP contribution is -2.42. The lowest BCUT2D eigenvalue weighted by atomic mass is 9.90. The highest BCUT2D eigenvalue weighted by Gasteiger charge is 2.28. The van der Waals surface area contributed by atoms with Gasteiger partial charge in [0.2, 0.25) is 0 Å². The van der Waals surface area contributed by atoms with Crippen molar-refractivity contribution < 1.29 is 14.3 Å². The molecule has 8 nitrogen and oxygen atoms in total. The SMILES string of the molecule is CC(C)(C)OC(=O)N1CCC[C@H](c2ccc3ncnc(Nc4ccc(OCc5ccccn5)c(Cl)c4)c3c2)C1. The number of fused-ring (bicyclic) bond motifs is 1. The first-order valence-electron chi connectivity index (χ1n) is 13.1. The Labute approximate surface area is 233 Å². The van der Waals surface area contributed by atoms with E-state index >= 15 is 0 Å². The predicted molar refractivity (Wildman–Crippen MR) is 153 cm³/mol. The van der Waals surface area contributed by atoms with Crippen LogP contribution in [0.25, 0.3) is 10.9 Å². The number of hydrogen-bond acceptors (Lipinski definition) is 7. The fourth-order valence-corrected chi connectivity index (χ4v) is 4.87. The van der Waals surface area contributed by atoms with Crippen LogP contribution in [0.4, 0.5) is 16.3 Å². The monoisotopic (exact) mass is 545 g/mol. The van der Waals surface area contributed by atoms with Gasteiger partial charge in [0.25, 0.3) is 0 Å². The van der Waals surface area contributed by atoms with Crippen molar-refractivity contribution in [2.24, 2.45) is 0 Å².